The molecule has 0 aliphatic carbocycles. The zero-order valence-corrected chi connectivity index (χ0v) is 13.6. The summed E-state index contributed by atoms with van der Waals surface area (Å²) in [6.45, 7) is 1.77. The highest BCUT2D eigenvalue weighted by molar-refractivity contribution is 7.14. The Labute approximate surface area is 141 Å². The van der Waals surface area contributed by atoms with Gasteiger partial charge in [0.05, 0.1) is 11.4 Å². The monoisotopic (exact) mass is 335 g/mol. The Balaban J connectivity index is 1.58. The number of fused-ring (bicyclic) bond motifs is 1. The Hall–Kier alpha value is -2.99. The van der Waals surface area contributed by atoms with E-state index in [-0.39, 0.29) is 11.7 Å². The van der Waals surface area contributed by atoms with Crippen molar-refractivity contribution in [2.75, 3.05) is 5.32 Å². The lowest BCUT2D eigenvalue weighted by Crippen LogP contribution is -2.10. The van der Waals surface area contributed by atoms with Gasteiger partial charge < -0.3 is 4.52 Å². The van der Waals surface area contributed by atoms with Crippen LogP contribution in [0.4, 0.5) is 5.13 Å². The zero-order valence-electron chi connectivity index (χ0n) is 12.8. The van der Waals surface area contributed by atoms with Gasteiger partial charge in [-0.05, 0) is 23.8 Å². The molecule has 0 aliphatic rings. The number of rotatable bonds is 3. The van der Waals surface area contributed by atoms with Crippen molar-refractivity contribution < 1.29 is 9.32 Å². The van der Waals surface area contributed by atoms with Crippen LogP contribution in [0.25, 0.3) is 22.0 Å². The molecule has 0 atom stereocenters. The highest BCUT2D eigenvalue weighted by Crippen LogP contribution is 2.28. The number of aryl methyl sites for hydroxylation is 1. The van der Waals surface area contributed by atoms with Gasteiger partial charge in [-0.1, -0.05) is 41.6 Å². The second-order valence-corrected chi connectivity index (χ2v) is 6.24. The van der Waals surface area contributed by atoms with E-state index >= 15 is 0 Å². The van der Waals surface area contributed by atoms with Gasteiger partial charge in [0.1, 0.15) is 0 Å². The third-order valence-corrected chi connectivity index (χ3v) is 4.38. The summed E-state index contributed by atoms with van der Waals surface area (Å²) in [6.07, 6.45) is 0. The normalized spacial score (nSPS) is 10.9. The highest BCUT2D eigenvalue weighted by Gasteiger charge is 2.14. The van der Waals surface area contributed by atoms with Gasteiger partial charge in [-0.2, -0.15) is 0 Å². The summed E-state index contributed by atoms with van der Waals surface area (Å²) in [5, 5.41) is 11.2. The van der Waals surface area contributed by atoms with Crippen LogP contribution in [0.3, 0.4) is 0 Å². The first-order chi connectivity index (χ1) is 11.7. The maximum Gasteiger partial charge on any atom is 0.296 e. The molecule has 5 nitrogen and oxygen atoms in total. The Morgan fingerprint density at radius 1 is 1.12 bits per heavy atom. The summed E-state index contributed by atoms with van der Waals surface area (Å²) in [7, 11) is 0. The number of anilines is 1. The molecule has 1 amide bonds. The van der Waals surface area contributed by atoms with Crippen LogP contribution in [0.1, 0.15) is 16.2 Å². The van der Waals surface area contributed by atoms with Crippen LogP contribution in [-0.2, 0) is 0 Å². The van der Waals surface area contributed by atoms with Crippen LogP contribution in [0, 0.1) is 6.92 Å². The number of thiazole rings is 1. The number of hydrogen-bond donors (Lipinski definition) is 1. The molecule has 2 heterocycles. The van der Waals surface area contributed by atoms with Crippen LogP contribution in [0.5, 0.6) is 0 Å². The predicted octanol–water partition coefficient (Wildman–Crippen LogP) is 4.51. The first kappa shape index (κ1) is 14.6. The quantitative estimate of drug-likeness (QED) is 0.598. The molecule has 0 fully saturated rings. The van der Waals surface area contributed by atoms with Crippen molar-refractivity contribution in [2.24, 2.45) is 0 Å². The lowest BCUT2D eigenvalue weighted by molar-refractivity contribution is 0.0988. The summed E-state index contributed by atoms with van der Waals surface area (Å²) >= 11 is 1.37. The minimum atomic E-state index is -0.352. The van der Waals surface area contributed by atoms with E-state index in [0.29, 0.717) is 10.8 Å². The smallest absolute Gasteiger partial charge is 0.296 e. The minimum Gasteiger partial charge on any atom is -0.351 e. The number of nitrogens with one attached hydrogen (secondary N) is 1. The molecule has 0 bridgehead atoms. The zero-order chi connectivity index (χ0) is 16.5. The molecule has 4 rings (SSSR count). The van der Waals surface area contributed by atoms with Crippen LogP contribution >= 0.6 is 11.3 Å². The summed E-state index contributed by atoms with van der Waals surface area (Å²) < 4.78 is 4.95. The second kappa shape index (κ2) is 5.90. The first-order valence-corrected chi connectivity index (χ1v) is 8.26. The number of benzene rings is 2. The van der Waals surface area contributed by atoms with E-state index in [0.717, 1.165) is 16.6 Å². The molecule has 2 aromatic carbocycles. The van der Waals surface area contributed by atoms with Crippen molar-refractivity contribution in [2.45, 2.75) is 6.92 Å². The van der Waals surface area contributed by atoms with Crippen LogP contribution in [0.15, 0.2) is 58.4 Å². The lowest BCUT2D eigenvalue weighted by Gasteiger charge is -2.01. The van der Waals surface area contributed by atoms with Crippen molar-refractivity contribution in [3.63, 3.8) is 0 Å². The number of aromatic nitrogens is 2. The van der Waals surface area contributed by atoms with E-state index in [1.807, 2.05) is 23.6 Å². The Kier molecular flexibility index (Phi) is 3.59. The van der Waals surface area contributed by atoms with Gasteiger partial charge in [0, 0.05) is 17.0 Å². The van der Waals surface area contributed by atoms with Crippen molar-refractivity contribution in [1.82, 2.24) is 10.1 Å². The van der Waals surface area contributed by atoms with E-state index < -0.39 is 0 Å². The number of amides is 1. The molecule has 24 heavy (non-hydrogen) atoms. The number of nitrogens with zero attached hydrogens (tertiary/aromatic N) is 2. The molecule has 118 valence electrons. The largest absolute Gasteiger partial charge is 0.351 e. The van der Waals surface area contributed by atoms with Crippen LogP contribution in [-0.4, -0.2) is 16.0 Å². The van der Waals surface area contributed by atoms with E-state index in [2.05, 4.69) is 39.7 Å². The van der Waals surface area contributed by atoms with E-state index in [1.165, 1.54) is 16.7 Å². The number of carbonyl (C=O) groups excluding carboxylic acids is 1. The van der Waals surface area contributed by atoms with Gasteiger partial charge >= 0.3 is 0 Å². The molecule has 0 saturated heterocycles. The Morgan fingerprint density at radius 2 is 1.96 bits per heavy atom. The van der Waals surface area contributed by atoms with E-state index in [4.69, 9.17) is 4.52 Å². The van der Waals surface area contributed by atoms with E-state index in [9.17, 15) is 4.79 Å². The van der Waals surface area contributed by atoms with Crippen molar-refractivity contribution in [3.05, 3.63) is 65.4 Å². The summed E-state index contributed by atoms with van der Waals surface area (Å²) in [6, 6.07) is 16.0. The second-order valence-electron chi connectivity index (χ2n) is 5.39. The molecular formula is C18H13N3O2S. The van der Waals surface area contributed by atoms with Gasteiger partial charge in [0.25, 0.3) is 5.91 Å². The summed E-state index contributed by atoms with van der Waals surface area (Å²) in [5.74, 6) is -0.176. The SMILES string of the molecule is Cc1cc(C(=O)Nc2nc(-c3ccc4ccccc4c3)cs2)on1. The predicted molar refractivity (Wildman–Crippen MR) is 94.2 cm³/mol. The molecule has 2 aromatic heterocycles. The molecule has 1 N–H and O–H groups in total. The average molecular weight is 335 g/mol. The number of carbonyl (C=O) groups is 1. The molecule has 0 spiro atoms. The topological polar surface area (TPSA) is 68.0 Å². The third kappa shape index (κ3) is 2.79. The Morgan fingerprint density at radius 3 is 2.75 bits per heavy atom. The van der Waals surface area contributed by atoms with Crippen LogP contribution in [0.2, 0.25) is 0 Å². The summed E-state index contributed by atoms with van der Waals surface area (Å²) in [5.41, 5.74) is 2.51. The first-order valence-electron chi connectivity index (χ1n) is 7.38. The van der Waals surface area contributed by atoms with Crippen molar-refractivity contribution in [1.29, 1.82) is 0 Å². The highest BCUT2D eigenvalue weighted by atomic mass is 32.1. The average Bonchev–Trinajstić information content (AvgIpc) is 3.23. The van der Waals surface area contributed by atoms with Gasteiger partial charge in [-0.15, -0.1) is 11.3 Å². The van der Waals surface area contributed by atoms with Gasteiger partial charge in [-0.25, -0.2) is 4.98 Å². The van der Waals surface area contributed by atoms with Crippen molar-refractivity contribution >= 4 is 33.1 Å². The van der Waals surface area contributed by atoms with E-state index in [1.54, 1.807) is 13.0 Å². The molecule has 0 aliphatic heterocycles. The third-order valence-electron chi connectivity index (χ3n) is 3.62. The summed E-state index contributed by atoms with van der Waals surface area (Å²) in [4.78, 5) is 16.6. The maximum atomic E-state index is 12.1. The lowest BCUT2D eigenvalue weighted by atomic mass is 10.1. The van der Waals surface area contributed by atoms with Gasteiger partial charge in [0.2, 0.25) is 5.76 Å². The molecule has 6 heteroatoms. The standard InChI is InChI=1S/C18H13N3O2S/c1-11-8-16(23-21-11)17(22)20-18-19-15(10-24-18)14-7-6-12-4-2-3-5-13(12)9-14/h2-10H,1H3,(H,19,20,22). The van der Waals surface area contributed by atoms with Gasteiger partial charge in [-0.3, -0.25) is 10.1 Å². The molecule has 4 aromatic rings. The molecular weight excluding hydrogens is 322 g/mol. The Bertz CT molecular complexity index is 1040. The number of hydrogen-bond acceptors (Lipinski definition) is 5. The molecule has 0 saturated carbocycles. The maximum absolute atomic E-state index is 12.1. The fourth-order valence-corrected chi connectivity index (χ4v) is 3.16. The minimum absolute atomic E-state index is 0.176. The fraction of sp³-hybridized carbons (Fsp3) is 0.0556. The van der Waals surface area contributed by atoms with Crippen LogP contribution < -0.4 is 5.32 Å². The fourth-order valence-electron chi connectivity index (χ4n) is 2.44. The molecule has 0 radical (unpaired) electrons. The molecule has 0 unspecified atom stereocenters. The van der Waals surface area contributed by atoms with Crippen molar-refractivity contribution in [3.8, 4) is 11.3 Å². The van der Waals surface area contributed by atoms with Gasteiger partial charge in [0.15, 0.2) is 5.13 Å².